The van der Waals surface area contributed by atoms with Gasteiger partial charge >= 0.3 is 5.97 Å². The second-order valence-electron chi connectivity index (χ2n) is 7.59. The maximum Gasteiger partial charge on any atom is 0.338 e. The fourth-order valence-electron chi connectivity index (χ4n) is 3.41. The Labute approximate surface area is 193 Å². The van der Waals surface area contributed by atoms with E-state index in [4.69, 9.17) is 9.47 Å². The number of benzene rings is 3. The lowest BCUT2D eigenvalue weighted by Crippen LogP contribution is -2.31. The van der Waals surface area contributed by atoms with Gasteiger partial charge in [-0.15, -0.1) is 0 Å². The Morgan fingerprint density at radius 2 is 1.73 bits per heavy atom. The van der Waals surface area contributed by atoms with Crippen LogP contribution in [0.25, 0.3) is 10.8 Å². The first-order chi connectivity index (χ1) is 15.6. The number of nitrogens with zero attached hydrogens (tertiary/aromatic N) is 1. The van der Waals surface area contributed by atoms with E-state index in [9.17, 15) is 18.0 Å². The van der Waals surface area contributed by atoms with E-state index >= 15 is 0 Å². The van der Waals surface area contributed by atoms with Gasteiger partial charge in [-0.25, -0.2) is 17.5 Å². The van der Waals surface area contributed by atoms with E-state index < -0.39 is 28.5 Å². The van der Waals surface area contributed by atoms with Gasteiger partial charge in [-0.1, -0.05) is 42.5 Å². The van der Waals surface area contributed by atoms with Crippen LogP contribution in [-0.2, 0) is 19.6 Å². The Kier molecular flexibility index (Phi) is 7.35. The van der Waals surface area contributed by atoms with Gasteiger partial charge in [-0.3, -0.25) is 4.79 Å². The Hall–Kier alpha value is -3.43. The number of sulfonamides is 1. The molecule has 0 saturated heterocycles. The third-order valence-corrected chi connectivity index (χ3v) is 7.00. The largest absolute Gasteiger partial charge is 0.495 e. The van der Waals surface area contributed by atoms with E-state index in [1.165, 1.54) is 39.4 Å². The molecule has 0 bridgehead atoms. The van der Waals surface area contributed by atoms with Crippen LogP contribution in [0.4, 0.5) is 0 Å². The van der Waals surface area contributed by atoms with E-state index in [1.54, 1.807) is 0 Å². The predicted octanol–water partition coefficient (Wildman–Crippen LogP) is 3.13. The van der Waals surface area contributed by atoms with Crippen LogP contribution >= 0.6 is 0 Å². The Morgan fingerprint density at radius 1 is 1.03 bits per heavy atom. The molecule has 1 N–H and O–H groups in total. The summed E-state index contributed by atoms with van der Waals surface area (Å²) in [5.41, 5.74) is 0.938. The van der Waals surface area contributed by atoms with Gasteiger partial charge in [0.05, 0.1) is 18.7 Å². The molecule has 0 aliphatic rings. The van der Waals surface area contributed by atoms with Crippen LogP contribution in [-0.4, -0.2) is 52.4 Å². The highest BCUT2D eigenvalue weighted by molar-refractivity contribution is 7.89. The SMILES string of the molecule is COc1ccc(C(=O)OCC(=O)NC(C)c2cccc3ccccc23)cc1S(=O)(=O)N(C)C. The molecule has 174 valence electrons. The lowest BCUT2D eigenvalue weighted by molar-refractivity contribution is -0.124. The van der Waals surface area contributed by atoms with Crippen LogP contribution in [0, 0.1) is 0 Å². The summed E-state index contributed by atoms with van der Waals surface area (Å²) < 4.78 is 36.3. The number of nitrogens with one attached hydrogen (secondary N) is 1. The first-order valence-corrected chi connectivity index (χ1v) is 11.6. The molecule has 0 aliphatic carbocycles. The molecular formula is C24H26N2O6S. The minimum Gasteiger partial charge on any atom is -0.495 e. The average Bonchev–Trinajstić information content (AvgIpc) is 2.81. The highest BCUT2D eigenvalue weighted by Gasteiger charge is 2.24. The molecule has 3 rings (SSSR count). The maximum atomic E-state index is 12.5. The second kappa shape index (κ2) is 10.0. The van der Waals surface area contributed by atoms with Crippen molar-refractivity contribution in [2.75, 3.05) is 27.8 Å². The fraction of sp³-hybridized carbons (Fsp3) is 0.250. The highest BCUT2D eigenvalue weighted by Crippen LogP contribution is 2.27. The van der Waals surface area contributed by atoms with Crippen LogP contribution in [0.5, 0.6) is 5.75 Å². The van der Waals surface area contributed by atoms with E-state index in [-0.39, 0.29) is 22.3 Å². The lowest BCUT2D eigenvalue weighted by Gasteiger charge is -2.17. The number of hydrogen-bond donors (Lipinski definition) is 1. The number of carbonyl (C=O) groups excluding carboxylic acids is 2. The topological polar surface area (TPSA) is 102 Å². The number of ether oxygens (including phenoxy) is 2. The Bertz CT molecular complexity index is 1280. The van der Waals surface area contributed by atoms with Crippen molar-refractivity contribution < 1.29 is 27.5 Å². The summed E-state index contributed by atoms with van der Waals surface area (Å²) in [7, 11) is 0.239. The molecule has 1 unspecified atom stereocenters. The van der Waals surface area contributed by atoms with Crippen LogP contribution in [0.1, 0.15) is 28.9 Å². The molecule has 0 spiro atoms. The molecule has 0 saturated carbocycles. The molecule has 0 aliphatic heterocycles. The van der Waals surface area contributed by atoms with Crippen LogP contribution in [0.3, 0.4) is 0 Å². The number of carbonyl (C=O) groups is 2. The van der Waals surface area contributed by atoms with E-state index in [2.05, 4.69) is 5.32 Å². The van der Waals surface area contributed by atoms with Crippen molar-refractivity contribution in [1.82, 2.24) is 9.62 Å². The van der Waals surface area contributed by atoms with Crippen molar-refractivity contribution in [1.29, 1.82) is 0 Å². The summed E-state index contributed by atoms with van der Waals surface area (Å²) in [4.78, 5) is 24.7. The zero-order valence-electron chi connectivity index (χ0n) is 18.9. The minimum absolute atomic E-state index is 0.00822. The van der Waals surface area contributed by atoms with Gasteiger partial charge in [0.1, 0.15) is 10.6 Å². The molecule has 3 aromatic carbocycles. The molecule has 9 heteroatoms. The summed E-state index contributed by atoms with van der Waals surface area (Å²) in [6.45, 7) is 1.35. The third kappa shape index (κ3) is 5.32. The quantitative estimate of drug-likeness (QED) is 0.508. The van der Waals surface area contributed by atoms with Crippen LogP contribution in [0.2, 0.25) is 0 Å². The minimum atomic E-state index is -3.85. The standard InChI is InChI=1S/C24H26N2O6S/c1-16(19-11-7-9-17-8-5-6-10-20(17)19)25-23(27)15-32-24(28)18-12-13-21(31-4)22(14-18)33(29,30)26(2)3/h5-14,16H,15H2,1-4H3,(H,25,27). The van der Waals surface area contributed by atoms with Gasteiger partial charge in [-0.2, -0.15) is 0 Å². The number of fused-ring (bicyclic) bond motifs is 1. The Balaban J connectivity index is 1.69. The Morgan fingerprint density at radius 3 is 2.42 bits per heavy atom. The fourth-order valence-corrected chi connectivity index (χ4v) is 4.48. The van der Waals surface area contributed by atoms with E-state index in [0.717, 1.165) is 20.6 Å². The molecule has 0 heterocycles. The average molecular weight is 471 g/mol. The molecule has 33 heavy (non-hydrogen) atoms. The first kappa shape index (κ1) is 24.2. The van der Waals surface area contributed by atoms with Gasteiger partial charge < -0.3 is 14.8 Å². The number of amides is 1. The van der Waals surface area contributed by atoms with Crippen molar-refractivity contribution in [2.45, 2.75) is 17.9 Å². The number of methoxy groups -OCH3 is 1. The second-order valence-corrected chi connectivity index (χ2v) is 9.71. The number of hydrogen-bond acceptors (Lipinski definition) is 6. The maximum absolute atomic E-state index is 12.5. The van der Waals surface area contributed by atoms with Crippen molar-refractivity contribution in [2.24, 2.45) is 0 Å². The van der Waals surface area contributed by atoms with E-state index in [1.807, 2.05) is 49.4 Å². The smallest absolute Gasteiger partial charge is 0.338 e. The molecule has 0 fully saturated rings. The summed E-state index contributed by atoms with van der Waals surface area (Å²) >= 11 is 0. The molecule has 3 aromatic rings. The molecule has 1 amide bonds. The van der Waals surface area contributed by atoms with Gasteiger partial charge in [0.25, 0.3) is 5.91 Å². The summed E-state index contributed by atoms with van der Waals surface area (Å²) in [6, 6.07) is 17.3. The van der Waals surface area contributed by atoms with E-state index in [0.29, 0.717) is 0 Å². The zero-order valence-corrected chi connectivity index (χ0v) is 19.7. The summed E-state index contributed by atoms with van der Waals surface area (Å²) in [5.74, 6) is -1.19. The van der Waals surface area contributed by atoms with Crippen molar-refractivity contribution in [3.63, 3.8) is 0 Å². The van der Waals surface area contributed by atoms with Crippen molar-refractivity contribution in [3.8, 4) is 5.75 Å². The molecule has 1 atom stereocenters. The third-order valence-electron chi connectivity index (χ3n) is 5.16. The molecular weight excluding hydrogens is 444 g/mol. The predicted molar refractivity (Wildman–Crippen MR) is 125 cm³/mol. The lowest BCUT2D eigenvalue weighted by atomic mass is 10.00. The van der Waals surface area contributed by atoms with Gasteiger partial charge in [-0.05, 0) is 41.5 Å². The van der Waals surface area contributed by atoms with Gasteiger partial charge in [0.15, 0.2) is 6.61 Å². The van der Waals surface area contributed by atoms with Crippen molar-refractivity contribution in [3.05, 3.63) is 71.8 Å². The normalized spacial score (nSPS) is 12.4. The molecule has 0 aromatic heterocycles. The van der Waals surface area contributed by atoms with Crippen LogP contribution < -0.4 is 10.1 Å². The van der Waals surface area contributed by atoms with Gasteiger partial charge in [0.2, 0.25) is 10.0 Å². The van der Waals surface area contributed by atoms with Gasteiger partial charge in [0, 0.05) is 14.1 Å². The summed E-state index contributed by atoms with van der Waals surface area (Å²) in [6.07, 6.45) is 0. The monoisotopic (exact) mass is 470 g/mol. The highest BCUT2D eigenvalue weighted by atomic mass is 32.2. The molecule has 8 nitrogen and oxygen atoms in total. The zero-order chi connectivity index (χ0) is 24.2. The molecule has 0 radical (unpaired) electrons. The number of rotatable bonds is 8. The number of esters is 1. The van der Waals surface area contributed by atoms with Crippen molar-refractivity contribution >= 4 is 32.7 Å². The first-order valence-electron chi connectivity index (χ1n) is 10.2. The van der Waals surface area contributed by atoms with Crippen LogP contribution in [0.15, 0.2) is 65.6 Å². The summed E-state index contributed by atoms with van der Waals surface area (Å²) in [5, 5.41) is 4.91.